The summed E-state index contributed by atoms with van der Waals surface area (Å²) in [6, 6.07) is 0.591. The largest absolute Gasteiger partial charge is 0.341 e. The normalized spacial score (nSPS) is 33.1. The molecule has 3 nitrogen and oxygen atoms in total. The number of amides is 1. The summed E-state index contributed by atoms with van der Waals surface area (Å²) in [5.41, 5.74) is 0.0795. The minimum Gasteiger partial charge on any atom is -0.341 e. The van der Waals surface area contributed by atoms with Crippen LogP contribution >= 0.6 is 0 Å². The number of likely N-dealkylation sites (tertiary alicyclic amines) is 1. The first-order valence-corrected chi connectivity index (χ1v) is 10.4. The molecular weight excluding hydrogens is 296 g/mol. The first kappa shape index (κ1) is 18.2. The van der Waals surface area contributed by atoms with E-state index < -0.39 is 0 Å². The zero-order valence-electron chi connectivity index (χ0n) is 16.4. The zero-order chi connectivity index (χ0) is 17.3. The van der Waals surface area contributed by atoms with E-state index in [-0.39, 0.29) is 11.6 Å². The number of carbonyl (C=O) groups is 1. The Kier molecular flexibility index (Phi) is 5.58. The summed E-state index contributed by atoms with van der Waals surface area (Å²) in [5, 5.41) is 0. The summed E-state index contributed by atoms with van der Waals surface area (Å²) in [5.74, 6) is 2.01. The van der Waals surface area contributed by atoms with E-state index in [1.807, 2.05) is 0 Å². The number of hydrogen-bond acceptors (Lipinski definition) is 2. The van der Waals surface area contributed by atoms with E-state index >= 15 is 0 Å². The molecule has 0 bridgehead atoms. The molecule has 3 unspecified atom stereocenters. The molecule has 3 fully saturated rings. The van der Waals surface area contributed by atoms with Crippen LogP contribution in [0.4, 0.5) is 0 Å². The number of piperidine rings is 1. The van der Waals surface area contributed by atoms with Crippen LogP contribution < -0.4 is 0 Å². The van der Waals surface area contributed by atoms with Crippen LogP contribution in [0.3, 0.4) is 0 Å². The Labute approximate surface area is 149 Å². The highest BCUT2D eigenvalue weighted by Crippen LogP contribution is 2.41. The molecule has 2 aliphatic carbocycles. The lowest BCUT2D eigenvalue weighted by Crippen LogP contribution is -2.61. The SMILES string of the molecule is CN(C(=O)C1CC2CCCCC2CN1C(C)(C)C)C1CCCCC1. The highest BCUT2D eigenvalue weighted by atomic mass is 16.2. The Morgan fingerprint density at radius 1 is 0.917 bits per heavy atom. The van der Waals surface area contributed by atoms with Gasteiger partial charge in [0.15, 0.2) is 0 Å². The maximum atomic E-state index is 13.4. The second-order valence-electron chi connectivity index (χ2n) is 9.62. The van der Waals surface area contributed by atoms with Gasteiger partial charge in [0.2, 0.25) is 5.91 Å². The molecule has 138 valence electrons. The fraction of sp³-hybridized carbons (Fsp3) is 0.952. The fourth-order valence-electron chi connectivity index (χ4n) is 5.49. The van der Waals surface area contributed by atoms with E-state index in [0.717, 1.165) is 24.8 Å². The van der Waals surface area contributed by atoms with Crippen molar-refractivity contribution in [2.24, 2.45) is 11.8 Å². The molecule has 0 aromatic heterocycles. The van der Waals surface area contributed by atoms with Gasteiger partial charge in [-0.2, -0.15) is 0 Å². The Bertz CT molecular complexity index is 436. The molecule has 2 saturated carbocycles. The second kappa shape index (κ2) is 7.35. The van der Waals surface area contributed by atoms with Crippen molar-refractivity contribution in [3.05, 3.63) is 0 Å². The number of nitrogens with zero attached hydrogens (tertiary/aromatic N) is 2. The van der Waals surface area contributed by atoms with Crippen LogP contribution in [0.5, 0.6) is 0 Å². The Morgan fingerprint density at radius 3 is 2.12 bits per heavy atom. The van der Waals surface area contributed by atoms with Crippen LogP contribution in [0.2, 0.25) is 0 Å². The zero-order valence-corrected chi connectivity index (χ0v) is 16.4. The lowest BCUT2D eigenvalue weighted by Gasteiger charge is -2.52. The molecule has 0 aromatic rings. The lowest BCUT2D eigenvalue weighted by molar-refractivity contribution is -0.146. The number of fused-ring (bicyclic) bond motifs is 1. The summed E-state index contributed by atoms with van der Waals surface area (Å²) in [6.45, 7) is 7.99. The van der Waals surface area contributed by atoms with Crippen molar-refractivity contribution in [2.45, 2.75) is 103 Å². The fourth-order valence-corrected chi connectivity index (χ4v) is 5.49. The molecule has 0 spiro atoms. The molecule has 0 aromatic carbocycles. The first-order valence-electron chi connectivity index (χ1n) is 10.4. The van der Waals surface area contributed by atoms with E-state index in [4.69, 9.17) is 0 Å². The number of rotatable bonds is 2. The monoisotopic (exact) mass is 334 g/mol. The van der Waals surface area contributed by atoms with Gasteiger partial charge in [0, 0.05) is 25.2 Å². The summed E-state index contributed by atoms with van der Waals surface area (Å²) >= 11 is 0. The van der Waals surface area contributed by atoms with Gasteiger partial charge in [0.1, 0.15) is 0 Å². The van der Waals surface area contributed by atoms with Gasteiger partial charge in [-0.1, -0.05) is 38.5 Å². The van der Waals surface area contributed by atoms with E-state index in [2.05, 4.69) is 37.6 Å². The molecule has 3 heteroatoms. The maximum absolute atomic E-state index is 13.4. The van der Waals surface area contributed by atoms with E-state index in [0.29, 0.717) is 11.9 Å². The molecule has 1 saturated heterocycles. The van der Waals surface area contributed by atoms with Gasteiger partial charge in [-0.05, 0) is 58.3 Å². The lowest BCUT2D eigenvalue weighted by atomic mass is 9.71. The van der Waals surface area contributed by atoms with Crippen LogP contribution in [0.25, 0.3) is 0 Å². The van der Waals surface area contributed by atoms with Crippen molar-refractivity contribution in [3.63, 3.8) is 0 Å². The number of likely N-dealkylation sites (N-methyl/N-ethyl adjacent to an activating group) is 1. The molecular formula is C21H38N2O. The van der Waals surface area contributed by atoms with E-state index in [9.17, 15) is 4.79 Å². The smallest absolute Gasteiger partial charge is 0.239 e. The van der Waals surface area contributed by atoms with E-state index in [1.165, 1.54) is 57.8 Å². The van der Waals surface area contributed by atoms with Crippen LogP contribution in [0.15, 0.2) is 0 Å². The molecule has 24 heavy (non-hydrogen) atoms. The van der Waals surface area contributed by atoms with Crippen LogP contribution in [0, 0.1) is 11.8 Å². The standard InChI is InChI=1S/C21H38N2O/c1-21(2,3)23-15-17-11-9-8-10-16(17)14-19(23)20(24)22(4)18-12-6-5-7-13-18/h16-19H,5-15H2,1-4H3. The summed E-state index contributed by atoms with van der Waals surface area (Å²) < 4.78 is 0. The maximum Gasteiger partial charge on any atom is 0.239 e. The summed E-state index contributed by atoms with van der Waals surface area (Å²) in [6.07, 6.45) is 12.9. The number of hydrogen-bond donors (Lipinski definition) is 0. The van der Waals surface area contributed by atoms with E-state index in [1.54, 1.807) is 0 Å². The first-order chi connectivity index (χ1) is 11.4. The molecule has 3 rings (SSSR count). The minimum absolute atomic E-state index is 0.0795. The molecule has 3 aliphatic rings. The van der Waals surface area contributed by atoms with Gasteiger partial charge in [-0.15, -0.1) is 0 Å². The van der Waals surface area contributed by atoms with Gasteiger partial charge < -0.3 is 4.90 Å². The van der Waals surface area contributed by atoms with Gasteiger partial charge in [-0.25, -0.2) is 0 Å². The molecule has 0 N–H and O–H groups in total. The third-order valence-electron chi connectivity index (χ3n) is 7.02. The highest BCUT2D eigenvalue weighted by Gasteiger charge is 2.44. The van der Waals surface area contributed by atoms with Gasteiger partial charge in [-0.3, -0.25) is 9.69 Å². The Morgan fingerprint density at radius 2 is 1.50 bits per heavy atom. The van der Waals surface area contributed by atoms with Crippen molar-refractivity contribution in [3.8, 4) is 0 Å². The topological polar surface area (TPSA) is 23.6 Å². The molecule has 0 radical (unpaired) electrons. The molecule has 1 aliphatic heterocycles. The van der Waals surface area contributed by atoms with Crippen molar-refractivity contribution >= 4 is 5.91 Å². The van der Waals surface area contributed by atoms with Crippen LogP contribution in [-0.4, -0.2) is 46.9 Å². The Hall–Kier alpha value is -0.570. The van der Waals surface area contributed by atoms with Crippen molar-refractivity contribution in [1.82, 2.24) is 9.80 Å². The van der Waals surface area contributed by atoms with Crippen molar-refractivity contribution < 1.29 is 4.79 Å². The summed E-state index contributed by atoms with van der Waals surface area (Å²) in [7, 11) is 2.08. The van der Waals surface area contributed by atoms with Gasteiger partial charge in [0.05, 0.1) is 6.04 Å². The number of carbonyl (C=O) groups excluding carboxylic acids is 1. The van der Waals surface area contributed by atoms with Crippen LogP contribution in [-0.2, 0) is 4.79 Å². The van der Waals surface area contributed by atoms with Crippen molar-refractivity contribution in [2.75, 3.05) is 13.6 Å². The minimum atomic E-state index is 0.0795. The predicted molar refractivity (Wildman–Crippen MR) is 100.0 cm³/mol. The molecule has 3 atom stereocenters. The van der Waals surface area contributed by atoms with Crippen molar-refractivity contribution in [1.29, 1.82) is 0 Å². The third kappa shape index (κ3) is 3.81. The molecule has 1 heterocycles. The Balaban J connectivity index is 1.75. The average molecular weight is 335 g/mol. The van der Waals surface area contributed by atoms with Gasteiger partial charge >= 0.3 is 0 Å². The van der Waals surface area contributed by atoms with Crippen LogP contribution in [0.1, 0.15) is 85.0 Å². The quantitative estimate of drug-likeness (QED) is 0.744. The summed E-state index contributed by atoms with van der Waals surface area (Å²) in [4.78, 5) is 18.1. The van der Waals surface area contributed by atoms with Gasteiger partial charge in [0.25, 0.3) is 0 Å². The predicted octanol–water partition coefficient (Wildman–Crippen LogP) is 4.46. The second-order valence-corrected chi connectivity index (χ2v) is 9.62. The highest BCUT2D eigenvalue weighted by molar-refractivity contribution is 5.82. The molecule has 1 amide bonds. The third-order valence-corrected chi connectivity index (χ3v) is 7.02. The average Bonchev–Trinajstić information content (AvgIpc) is 2.59.